The van der Waals surface area contributed by atoms with Crippen LogP contribution in [0.25, 0.3) is 0 Å². The standard InChI is InChI=1S/C13H22N2O2S/c1-4-18-8-7-15-10(9-5-6-9)11(16)14-13(2,3)12(15)17/h9-10H,4-8H2,1-3H3,(H,14,16). The van der Waals surface area contributed by atoms with Crippen LogP contribution in [0.5, 0.6) is 0 Å². The zero-order valence-corrected chi connectivity index (χ0v) is 12.2. The Bertz CT molecular complexity index is 353. The lowest BCUT2D eigenvalue weighted by Gasteiger charge is -2.43. The number of thioether (sulfide) groups is 1. The first-order chi connectivity index (χ1) is 8.47. The SMILES string of the molecule is CCSCCN1C(=O)C(C)(C)NC(=O)C1C1CC1. The molecule has 2 amide bonds. The topological polar surface area (TPSA) is 49.4 Å². The van der Waals surface area contributed by atoms with Gasteiger partial charge in [0, 0.05) is 12.3 Å². The highest BCUT2D eigenvalue weighted by Gasteiger charge is 2.50. The summed E-state index contributed by atoms with van der Waals surface area (Å²) < 4.78 is 0. The van der Waals surface area contributed by atoms with Crippen molar-refractivity contribution in [2.24, 2.45) is 5.92 Å². The van der Waals surface area contributed by atoms with E-state index < -0.39 is 5.54 Å². The smallest absolute Gasteiger partial charge is 0.248 e. The number of amides is 2. The molecule has 1 aliphatic heterocycles. The van der Waals surface area contributed by atoms with Crippen molar-refractivity contribution in [3.8, 4) is 0 Å². The lowest BCUT2D eigenvalue weighted by atomic mass is 9.95. The summed E-state index contributed by atoms with van der Waals surface area (Å²) in [5.41, 5.74) is -0.751. The first kappa shape index (κ1) is 13.7. The fourth-order valence-corrected chi connectivity index (χ4v) is 3.11. The molecule has 2 aliphatic rings. The highest BCUT2D eigenvalue weighted by molar-refractivity contribution is 7.99. The predicted octanol–water partition coefficient (Wildman–Crippen LogP) is 1.26. The van der Waals surface area contributed by atoms with Gasteiger partial charge in [0.1, 0.15) is 11.6 Å². The molecule has 2 fully saturated rings. The van der Waals surface area contributed by atoms with Gasteiger partial charge in [-0.15, -0.1) is 0 Å². The van der Waals surface area contributed by atoms with Crippen molar-refractivity contribution in [1.29, 1.82) is 0 Å². The van der Waals surface area contributed by atoms with Crippen LogP contribution >= 0.6 is 11.8 Å². The molecular formula is C13H22N2O2S. The van der Waals surface area contributed by atoms with Gasteiger partial charge < -0.3 is 10.2 Å². The molecule has 102 valence electrons. The van der Waals surface area contributed by atoms with E-state index in [1.165, 1.54) is 0 Å². The highest BCUT2D eigenvalue weighted by Crippen LogP contribution is 2.38. The normalized spacial score (nSPS) is 27.3. The minimum atomic E-state index is -0.751. The molecular weight excluding hydrogens is 248 g/mol. The third-order valence-corrected chi connectivity index (χ3v) is 4.46. The zero-order chi connectivity index (χ0) is 13.3. The number of nitrogens with zero attached hydrogens (tertiary/aromatic N) is 1. The molecule has 1 heterocycles. The fourth-order valence-electron chi connectivity index (χ4n) is 2.49. The van der Waals surface area contributed by atoms with Gasteiger partial charge >= 0.3 is 0 Å². The monoisotopic (exact) mass is 270 g/mol. The average molecular weight is 270 g/mol. The average Bonchev–Trinajstić information content (AvgIpc) is 3.09. The van der Waals surface area contributed by atoms with Gasteiger partial charge in [0.25, 0.3) is 0 Å². The highest BCUT2D eigenvalue weighted by atomic mass is 32.2. The zero-order valence-electron chi connectivity index (χ0n) is 11.4. The number of nitrogens with one attached hydrogen (secondary N) is 1. The van der Waals surface area contributed by atoms with Crippen LogP contribution in [-0.2, 0) is 9.59 Å². The third kappa shape index (κ3) is 2.66. The third-order valence-electron chi connectivity index (χ3n) is 3.58. The van der Waals surface area contributed by atoms with Crippen molar-refractivity contribution >= 4 is 23.6 Å². The molecule has 1 saturated heterocycles. The summed E-state index contributed by atoms with van der Waals surface area (Å²) in [4.78, 5) is 26.4. The first-order valence-electron chi connectivity index (χ1n) is 6.68. The van der Waals surface area contributed by atoms with E-state index >= 15 is 0 Å². The molecule has 0 aromatic carbocycles. The summed E-state index contributed by atoms with van der Waals surface area (Å²) in [7, 11) is 0. The van der Waals surface area contributed by atoms with Gasteiger partial charge in [0.05, 0.1) is 0 Å². The summed E-state index contributed by atoms with van der Waals surface area (Å²) >= 11 is 1.81. The van der Waals surface area contributed by atoms with Crippen molar-refractivity contribution in [2.45, 2.75) is 45.2 Å². The largest absolute Gasteiger partial charge is 0.340 e. The molecule has 0 aromatic rings. The maximum Gasteiger partial charge on any atom is 0.248 e. The Morgan fingerprint density at radius 1 is 1.39 bits per heavy atom. The predicted molar refractivity (Wildman–Crippen MR) is 73.4 cm³/mol. The summed E-state index contributed by atoms with van der Waals surface area (Å²) in [6.07, 6.45) is 2.15. The van der Waals surface area contributed by atoms with Crippen LogP contribution in [0, 0.1) is 5.92 Å². The molecule has 5 heteroatoms. The van der Waals surface area contributed by atoms with Crippen molar-refractivity contribution in [3.63, 3.8) is 0 Å². The Morgan fingerprint density at radius 3 is 2.61 bits per heavy atom. The van der Waals surface area contributed by atoms with Crippen molar-refractivity contribution in [2.75, 3.05) is 18.1 Å². The van der Waals surface area contributed by atoms with Gasteiger partial charge in [0.2, 0.25) is 11.8 Å². The minimum Gasteiger partial charge on any atom is -0.340 e. The van der Waals surface area contributed by atoms with Crippen LogP contribution in [0.2, 0.25) is 0 Å². The van der Waals surface area contributed by atoms with E-state index in [1.807, 2.05) is 16.7 Å². The number of carbonyl (C=O) groups excluding carboxylic acids is 2. The van der Waals surface area contributed by atoms with Crippen LogP contribution in [0.3, 0.4) is 0 Å². The molecule has 0 aromatic heterocycles. The number of hydrogen-bond donors (Lipinski definition) is 1. The molecule has 1 aliphatic carbocycles. The molecule has 2 rings (SSSR count). The maximum atomic E-state index is 12.4. The quantitative estimate of drug-likeness (QED) is 0.765. The second-order valence-corrected chi connectivity index (χ2v) is 6.99. The summed E-state index contributed by atoms with van der Waals surface area (Å²) in [6.45, 7) is 6.37. The van der Waals surface area contributed by atoms with Crippen molar-refractivity contribution in [1.82, 2.24) is 10.2 Å². The second kappa shape index (κ2) is 5.11. The Balaban J connectivity index is 2.11. The van der Waals surface area contributed by atoms with Gasteiger partial charge in [-0.1, -0.05) is 6.92 Å². The van der Waals surface area contributed by atoms with Crippen LogP contribution in [0.15, 0.2) is 0 Å². The molecule has 1 atom stereocenters. The van der Waals surface area contributed by atoms with Gasteiger partial charge in [0.15, 0.2) is 0 Å². The lowest BCUT2D eigenvalue weighted by Crippen LogP contribution is -2.68. The molecule has 18 heavy (non-hydrogen) atoms. The number of hydrogen-bond acceptors (Lipinski definition) is 3. The van der Waals surface area contributed by atoms with E-state index in [-0.39, 0.29) is 17.9 Å². The maximum absolute atomic E-state index is 12.4. The van der Waals surface area contributed by atoms with E-state index in [2.05, 4.69) is 12.2 Å². The Morgan fingerprint density at radius 2 is 2.06 bits per heavy atom. The summed E-state index contributed by atoms with van der Waals surface area (Å²) in [5, 5.41) is 2.86. The van der Waals surface area contributed by atoms with Crippen molar-refractivity contribution < 1.29 is 9.59 Å². The van der Waals surface area contributed by atoms with Crippen LogP contribution in [0.1, 0.15) is 33.6 Å². The lowest BCUT2D eigenvalue weighted by molar-refractivity contribution is -0.154. The van der Waals surface area contributed by atoms with Gasteiger partial charge in [-0.3, -0.25) is 9.59 Å². The molecule has 1 saturated carbocycles. The van der Waals surface area contributed by atoms with E-state index in [9.17, 15) is 9.59 Å². The van der Waals surface area contributed by atoms with E-state index in [4.69, 9.17) is 0 Å². The summed E-state index contributed by atoms with van der Waals surface area (Å²) in [5.74, 6) is 2.44. The molecule has 0 bridgehead atoms. The molecule has 1 unspecified atom stereocenters. The Hall–Kier alpha value is -0.710. The van der Waals surface area contributed by atoms with Gasteiger partial charge in [-0.25, -0.2) is 0 Å². The van der Waals surface area contributed by atoms with Crippen LogP contribution in [-0.4, -0.2) is 46.3 Å². The van der Waals surface area contributed by atoms with Crippen molar-refractivity contribution in [3.05, 3.63) is 0 Å². The van der Waals surface area contributed by atoms with Crippen LogP contribution in [0.4, 0.5) is 0 Å². The van der Waals surface area contributed by atoms with E-state index in [1.54, 1.807) is 13.8 Å². The van der Waals surface area contributed by atoms with Gasteiger partial charge in [-0.05, 0) is 38.4 Å². The minimum absolute atomic E-state index is 0.0311. The summed E-state index contributed by atoms with van der Waals surface area (Å²) in [6, 6.07) is -0.219. The van der Waals surface area contributed by atoms with E-state index in [0.29, 0.717) is 12.5 Å². The second-order valence-electron chi connectivity index (χ2n) is 5.59. The Kier molecular flexibility index (Phi) is 3.90. The molecule has 1 N–H and O–H groups in total. The molecule has 0 radical (unpaired) electrons. The number of carbonyl (C=O) groups is 2. The van der Waals surface area contributed by atoms with Crippen LogP contribution < -0.4 is 5.32 Å². The Labute approximate surface area is 113 Å². The van der Waals surface area contributed by atoms with Gasteiger partial charge in [-0.2, -0.15) is 11.8 Å². The number of piperazine rings is 1. The molecule has 0 spiro atoms. The fraction of sp³-hybridized carbons (Fsp3) is 0.846. The first-order valence-corrected chi connectivity index (χ1v) is 7.83. The molecule has 4 nitrogen and oxygen atoms in total. The number of rotatable bonds is 5. The van der Waals surface area contributed by atoms with E-state index in [0.717, 1.165) is 24.3 Å².